The lowest BCUT2D eigenvalue weighted by molar-refractivity contribution is -0.123. The van der Waals surface area contributed by atoms with E-state index in [1.807, 2.05) is 62.5 Å². The molecule has 0 spiro atoms. The van der Waals surface area contributed by atoms with Crippen molar-refractivity contribution in [2.75, 3.05) is 13.1 Å². The number of aromatic nitrogens is 2. The Hall–Kier alpha value is -2.79. The van der Waals surface area contributed by atoms with Crippen molar-refractivity contribution in [3.8, 4) is 16.9 Å². The summed E-state index contributed by atoms with van der Waals surface area (Å²) in [5, 5.41) is 4.84. The second-order valence-electron chi connectivity index (χ2n) is 9.32. The van der Waals surface area contributed by atoms with Crippen molar-refractivity contribution in [1.29, 1.82) is 0 Å². The molecule has 198 valence electrons. The molecule has 1 aliphatic carbocycles. The predicted molar refractivity (Wildman–Crippen MR) is 156 cm³/mol. The number of nitrogens with zero attached hydrogens (tertiary/aromatic N) is 4. The Morgan fingerprint density at radius 1 is 1.08 bits per heavy atom. The fourth-order valence-corrected chi connectivity index (χ4v) is 7.94. The van der Waals surface area contributed by atoms with Crippen LogP contribution in [0.25, 0.3) is 23.0 Å². The minimum atomic E-state index is -3.64. The van der Waals surface area contributed by atoms with Gasteiger partial charge in [0.25, 0.3) is 5.91 Å². The fourth-order valence-electron chi connectivity index (χ4n) is 5.05. The molecule has 5 rings (SSSR count). The minimum absolute atomic E-state index is 0.0665. The molecule has 3 aromatic rings. The summed E-state index contributed by atoms with van der Waals surface area (Å²) in [5.41, 5.74) is 2.83. The largest absolute Gasteiger partial charge is 0.290 e. The molecule has 1 aliphatic heterocycles. The van der Waals surface area contributed by atoms with Crippen molar-refractivity contribution in [2.24, 2.45) is 0 Å². The molecule has 0 N–H and O–H groups in total. The van der Waals surface area contributed by atoms with Gasteiger partial charge in [-0.15, -0.1) is 0 Å². The van der Waals surface area contributed by atoms with Crippen LogP contribution in [0.15, 0.2) is 70.6 Å². The second kappa shape index (κ2) is 11.1. The highest BCUT2D eigenvalue weighted by Gasteiger charge is 2.38. The number of hydrogen-bond donors (Lipinski definition) is 0. The van der Waals surface area contributed by atoms with E-state index >= 15 is 0 Å². The quantitative estimate of drug-likeness (QED) is 0.257. The fraction of sp³-hybridized carbons (Fsp3) is 0.321. The predicted octanol–water partition coefficient (Wildman–Crippen LogP) is 5.71. The van der Waals surface area contributed by atoms with E-state index in [0.29, 0.717) is 33.6 Å². The van der Waals surface area contributed by atoms with E-state index in [1.165, 1.54) is 16.1 Å². The Labute approximate surface area is 233 Å². The van der Waals surface area contributed by atoms with Crippen molar-refractivity contribution in [3.05, 3.63) is 71.3 Å². The molecule has 2 fully saturated rings. The molecule has 0 bridgehead atoms. The Kier molecular flexibility index (Phi) is 7.85. The number of carbonyl (C=O) groups is 1. The Morgan fingerprint density at radius 3 is 2.47 bits per heavy atom. The maximum Gasteiger partial charge on any atom is 0.266 e. The number of rotatable bonds is 8. The average molecular weight is 567 g/mol. The van der Waals surface area contributed by atoms with Crippen LogP contribution in [-0.4, -0.2) is 56.8 Å². The van der Waals surface area contributed by atoms with Crippen LogP contribution < -0.4 is 0 Å². The van der Waals surface area contributed by atoms with E-state index in [-0.39, 0.29) is 16.8 Å². The molecule has 1 amide bonds. The molecule has 0 unspecified atom stereocenters. The molecule has 1 aromatic heterocycles. The molecule has 2 aliphatic rings. The molecule has 2 aromatic carbocycles. The zero-order valence-electron chi connectivity index (χ0n) is 21.4. The summed E-state index contributed by atoms with van der Waals surface area (Å²) in [4.78, 5) is 15.9. The SMILES string of the molecule is CCN(CC)S(=O)(=O)c1cccc(-c2nn(-c3ccccc3)cc2/C=C2\SC(=S)N(C3CCCC3)C2=O)c1. The number of hydrogen-bond acceptors (Lipinski definition) is 6. The number of sulfonamides is 1. The van der Waals surface area contributed by atoms with E-state index in [0.717, 1.165) is 36.9 Å². The van der Waals surface area contributed by atoms with E-state index in [9.17, 15) is 13.2 Å². The molecule has 38 heavy (non-hydrogen) atoms. The van der Waals surface area contributed by atoms with Crippen LogP contribution in [-0.2, 0) is 14.8 Å². The number of amides is 1. The van der Waals surface area contributed by atoms with Crippen LogP contribution in [0.1, 0.15) is 45.1 Å². The molecule has 1 saturated carbocycles. The van der Waals surface area contributed by atoms with Crippen molar-refractivity contribution in [1.82, 2.24) is 19.0 Å². The van der Waals surface area contributed by atoms with Gasteiger partial charge in [-0.25, -0.2) is 13.1 Å². The van der Waals surface area contributed by atoms with E-state index in [2.05, 4.69) is 0 Å². The van der Waals surface area contributed by atoms with E-state index in [4.69, 9.17) is 17.3 Å². The van der Waals surface area contributed by atoms with Crippen LogP contribution in [0.5, 0.6) is 0 Å². The topological polar surface area (TPSA) is 75.5 Å². The van der Waals surface area contributed by atoms with Crippen LogP contribution in [0.3, 0.4) is 0 Å². The molecule has 1 saturated heterocycles. The molecule has 10 heteroatoms. The van der Waals surface area contributed by atoms with Gasteiger partial charge in [0, 0.05) is 36.5 Å². The zero-order valence-corrected chi connectivity index (χ0v) is 23.9. The third-order valence-corrected chi connectivity index (χ3v) is 10.4. The maximum absolute atomic E-state index is 13.4. The van der Waals surface area contributed by atoms with Crippen LogP contribution in [0.2, 0.25) is 0 Å². The van der Waals surface area contributed by atoms with Gasteiger partial charge in [-0.3, -0.25) is 9.69 Å². The van der Waals surface area contributed by atoms with Gasteiger partial charge in [-0.2, -0.15) is 9.40 Å². The lowest BCUT2D eigenvalue weighted by atomic mass is 10.1. The monoisotopic (exact) mass is 566 g/mol. The van der Waals surface area contributed by atoms with Crippen LogP contribution in [0, 0.1) is 0 Å². The van der Waals surface area contributed by atoms with Gasteiger partial charge in [0.05, 0.1) is 15.5 Å². The number of thiocarbonyl (C=S) groups is 1. The number of benzene rings is 2. The van der Waals surface area contributed by atoms with Crippen LogP contribution in [0.4, 0.5) is 0 Å². The Bertz CT molecular complexity index is 1490. The van der Waals surface area contributed by atoms with Crippen molar-refractivity contribution >= 4 is 50.3 Å². The zero-order chi connectivity index (χ0) is 26.9. The molecule has 7 nitrogen and oxygen atoms in total. The van der Waals surface area contributed by atoms with Gasteiger partial charge in [-0.1, -0.05) is 81.0 Å². The van der Waals surface area contributed by atoms with E-state index in [1.54, 1.807) is 27.8 Å². The highest BCUT2D eigenvalue weighted by Crippen LogP contribution is 2.39. The number of para-hydroxylation sites is 1. The highest BCUT2D eigenvalue weighted by molar-refractivity contribution is 8.26. The summed E-state index contributed by atoms with van der Waals surface area (Å²) < 4.78 is 30.2. The average Bonchev–Trinajstić information content (AvgIpc) is 3.65. The summed E-state index contributed by atoms with van der Waals surface area (Å²) >= 11 is 6.91. The van der Waals surface area contributed by atoms with Gasteiger partial charge in [0.2, 0.25) is 10.0 Å². The Morgan fingerprint density at radius 2 is 1.79 bits per heavy atom. The molecule has 2 heterocycles. The maximum atomic E-state index is 13.4. The van der Waals surface area contributed by atoms with Gasteiger partial charge in [0.1, 0.15) is 10.0 Å². The number of carbonyl (C=O) groups excluding carboxylic acids is 1. The van der Waals surface area contributed by atoms with Gasteiger partial charge >= 0.3 is 0 Å². The normalized spacial score (nSPS) is 17.9. The first-order chi connectivity index (χ1) is 18.3. The second-order valence-corrected chi connectivity index (χ2v) is 12.9. The first kappa shape index (κ1) is 26.8. The van der Waals surface area contributed by atoms with Gasteiger partial charge in [-0.05, 0) is 43.2 Å². The summed E-state index contributed by atoms with van der Waals surface area (Å²) in [6.07, 6.45) is 7.89. The third-order valence-electron chi connectivity index (χ3n) is 7.01. The smallest absolute Gasteiger partial charge is 0.266 e. The number of thioether (sulfide) groups is 1. The first-order valence-corrected chi connectivity index (χ1v) is 15.5. The molecule has 0 atom stereocenters. The molecular weight excluding hydrogens is 537 g/mol. The van der Waals surface area contributed by atoms with Crippen molar-refractivity contribution in [2.45, 2.75) is 50.5 Å². The van der Waals surface area contributed by atoms with Gasteiger partial charge < -0.3 is 0 Å². The molecular formula is C28H30N4O3S3. The van der Waals surface area contributed by atoms with E-state index < -0.39 is 10.0 Å². The summed E-state index contributed by atoms with van der Waals surface area (Å²) in [5.74, 6) is -0.0665. The summed E-state index contributed by atoms with van der Waals surface area (Å²) in [7, 11) is -3.64. The first-order valence-electron chi connectivity index (χ1n) is 12.9. The summed E-state index contributed by atoms with van der Waals surface area (Å²) in [6, 6.07) is 16.7. The highest BCUT2D eigenvalue weighted by atomic mass is 32.2. The van der Waals surface area contributed by atoms with Crippen molar-refractivity contribution < 1.29 is 13.2 Å². The Balaban J connectivity index is 1.59. The standard InChI is InChI=1S/C28H30N4O3S3/c1-3-30(4-2)38(34,35)24-16-10-11-20(17-24)26-21(19-31(29-26)22-12-6-5-7-13-22)18-25-27(33)32(28(36)37-25)23-14-8-9-15-23/h5-7,10-13,16-19,23H,3-4,8-9,14-15H2,1-2H3/b25-18-. The van der Waals surface area contributed by atoms with Crippen molar-refractivity contribution in [3.63, 3.8) is 0 Å². The summed E-state index contributed by atoms with van der Waals surface area (Å²) in [6.45, 7) is 4.43. The minimum Gasteiger partial charge on any atom is -0.290 e. The molecule has 0 radical (unpaired) electrons. The third kappa shape index (κ3) is 5.10. The lowest BCUT2D eigenvalue weighted by Crippen LogP contribution is -2.36. The van der Waals surface area contributed by atoms with Crippen LogP contribution >= 0.6 is 24.0 Å². The lowest BCUT2D eigenvalue weighted by Gasteiger charge is -2.21. The van der Waals surface area contributed by atoms with Gasteiger partial charge in [0.15, 0.2) is 0 Å².